The first-order valence-electron chi connectivity index (χ1n) is 10.9. The summed E-state index contributed by atoms with van der Waals surface area (Å²) in [5.74, 6) is 0.0467. The molecule has 0 saturated heterocycles. The molecular formula is C26H30N4O4. The van der Waals surface area contributed by atoms with E-state index in [1.54, 1.807) is 50.6 Å². The maximum absolute atomic E-state index is 12.6. The quantitative estimate of drug-likeness (QED) is 0.450. The standard InChI is InChI=1S/C26H30N4O4/c1-17(11-18-8-9-23(31)24(14-18)34-4)28-16-19-12-20(26(33)30(2)3)15-21(13-19)29-25(32)22-7-5-6-10-27-22/h5-10,12-15,17,28,31H,11,16H2,1-4H3,(H,29,32)/t17-/m0/s1. The molecule has 1 aromatic heterocycles. The predicted molar refractivity (Wildman–Crippen MR) is 131 cm³/mol. The lowest BCUT2D eigenvalue weighted by molar-refractivity contribution is 0.0827. The second-order valence-electron chi connectivity index (χ2n) is 8.28. The second-order valence-corrected chi connectivity index (χ2v) is 8.28. The number of ether oxygens (including phenoxy) is 1. The first kappa shape index (κ1) is 24.7. The van der Waals surface area contributed by atoms with E-state index < -0.39 is 0 Å². The molecule has 0 unspecified atom stereocenters. The van der Waals surface area contributed by atoms with Crippen molar-refractivity contribution in [3.05, 3.63) is 83.2 Å². The Hall–Kier alpha value is -3.91. The van der Waals surface area contributed by atoms with Gasteiger partial charge in [0, 0.05) is 44.1 Å². The van der Waals surface area contributed by atoms with E-state index in [1.807, 2.05) is 24.3 Å². The molecule has 3 aromatic rings. The third kappa shape index (κ3) is 6.55. The van der Waals surface area contributed by atoms with Crippen molar-refractivity contribution in [1.82, 2.24) is 15.2 Å². The molecule has 2 aromatic carbocycles. The normalized spacial score (nSPS) is 11.5. The summed E-state index contributed by atoms with van der Waals surface area (Å²) in [5.41, 5.74) is 3.19. The van der Waals surface area contributed by atoms with Crippen LogP contribution in [0, 0.1) is 0 Å². The van der Waals surface area contributed by atoms with Crippen LogP contribution in [0.4, 0.5) is 5.69 Å². The zero-order valence-corrected chi connectivity index (χ0v) is 19.8. The molecule has 3 rings (SSSR count). The van der Waals surface area contributed by atoms with Crippen LogP contribution in [-0.4, -0.2) is 54.1 Å². The average Bonchev–Trinajstić information content (AvgIpc) is 2.83. The molecule has 1 heterocycles. The average molecular weight is 463 g/mol. The summed E-state index contributed by atoms with van der Waals surface area (Å²) in [5, 5.41) is 16.1. The van der Waals surface area contributed by atoms with Crippen molar-refractivity contribution in [2.24, 2.45) is 0 Å². The van der Waals surface area contributed by atoms with Crippen LogP contribution in [0.3, 0.4) is 0 Å². The number of amides is 2. The van der Waals surface area contributed by atoms with Gasteiger partial charge in [-0.15, -0.1) is 0 Å². The summed E-state index contributed by atoms with van der Waals surface area (Å²) in [7, 11) is 4.90. The number of carbonyl (C=O) groups is 2. The molecule has 0 radical (unpaired) electrons. The van der Waals surface area contributed by atoms with Crippen molar-refractivity contribution in [3.63, 3.8) is 0 Å². The van der Waals surface area contributed by atoms with Crippen LogP contribution in [0.15, 0.2) is 60.8 Å². The van der Waals surface area contributed by atoms with E-state index >= 15 is 0 Å². The van der Waals surface area contributed by atoms with Gasteiger partial charge >= 0.3 is 0 Å². The number of nitrogens with one attached hydrogen (secondary N) is 2. The van der Waals surface area contributed by atoms with Crippen LogP contribution >= 0.6 is 0 Å². The molecule has 0 aliphatic rings. The number of aromatic nitrogens is 1. The maximum atomic E-state index is 12.6. The second kappa shape index (κ2) is 11.3. The molecule has 0 saturated carbocycles. The van der Waals surface area contributed by atoms with E-state index in [-0.39, 0.29) is 23.6 Å². The fourth-order valence-electron chi connectivity index (χ4n) is 3.51. The predicted octanol–water partition coefficient (Wildman–Crippen LogP) is 3.47. The number of pyridine rings is 1. The topological polar surface area (TPSA) is 104 Å². The summed E-state index contributed by atoms with van der Waals surface area (Å²) < 4.78 is 5.18. The van der Waals surface area contributed by atoms with Gasteiger partial charge in [0.2, 0.25) is 0 Å². The number of benzene rings is 2. The van der Waals surface area contributed by atoms with Crippen LogP contribution in [0.25, 0.3) is 0 Å². The highest BCUT2D eigenvalue weighted by atomic mass is 16.5. The van der Waals surface area contributed by atoms with Gasteiger partial charge in [0.25, 0.3) is 11.8 Å². The molecule has 0 spiro atoms. The van der Waals surface area contributed by atoms with Crippen molar-refractivity contribution in [2.45, 2.75) is 25.9 Å². The number of phenolic OH excluding ortho intramolecular Hbond substituents is 1. The molecule has 2 amide bonds. The zero-order valence-electron chi connectivity index (χ0n) is 19.8. The van der Waals surface area contributed by atoms with Crippen molar-refractivity contribution < 1.29 is 19.4 Å². The molecule has 0 bridgehead atoms. The minimum Gasteiger partial charge on any atom is -0.504 e. The maximum Gasteiger partial charge on any atom is 0.274 e. The van der Waals surface area contributed by atoms with Gasteiger partial charge < -0.3 is 25.4 Å². The highest BCUT2D eigenvalue weighted by molar-refractivity contribution is 6.04. The minimum absolute atomic E-state index is 0.106. The Kier molecular flexibility index (Phi) is 8.21. The van der Waals surface area contributed by atoms with Crippen molar-refractivity contribution in [1.29, 1.82) is 0 Å². The first-order chi connectivity index (χ1) is 16.3. The summed E-state index contributed by atoms with van der Waals surface area (Å²) in [6, 6.07) is 15.8. The Balaban J connectivity index is 1.74. The van der Waals surface area contributed by atoms with E-state index in [0.717, 1.165) is 17.5 Å². The lowest BCUT2D eigenvalue weighted by Crippen LogP contribution is -2.28. The molecule has 178 valence electrons. The smallest absolute Gasteiger partial charge is 0.274 e. The van der Waals surface area contributed by atoms with Crippen molar-refractivity contribution in [2.75, 3.05) is 26.5 Å². The third-order valence-electron chi connectivity index (χ3n) is 5.24. The van der Waals surface area contributed by atoms with Crippen LogP contribution in [-0.2, 0) is 13.0 Å². The summed E-state index contributed by atoms with van der Waals surface area (Å²) in [6.07, 6.45) is 2.28. The van der Waals surface area contributed by atoms with Crippen molar-refractivity contribution in [3.8, 4) is 11.5 Å². The Morgan fingerprint density at radius 1 is 1.09 bits per heavy atom. The Morgan fingerprint density at radius 3 is 2.56 bits per heavy atom. The number of anilines is 1. The van der Waals surface area contributed by atoms with Crippen LogP contribution in [0.1, 0.15) is 38.9 Å². The highest BCUT2D eigenvalue weighted by Gasteiger charge is 2.14. The SMILES string of the molecule is COc1cc(C[C@H](C)NCc2cc(NC(=O)c3ccccn3)cc(C(=O)N(C)C)c2)ccc1O. The van der Waals surface area contributed by atoms with E-state index in [4.69, 9.17) is 4.74 Å². The lowest BCUT2D eigenvalue weighted by atomic mass is 10.0. The van der Waals surface area contributed by atoms with E-state index in [1.165, 1.54) is 12.0 Å². The van der Waals surface area contributed by atoms with Gasteiger partial charge in [-0.05, 0) is 66.9 Å². The summed E-state index contributed by atoms with van der Waals surface area (Å²) in [6.45, 7) is 2.55. The van der Waals surface area contributed by atoms with Crippen LogP contribution in [0.5, 0.6) is 11.5 Å². The number of nitrogens with zero attached hydrogens (tertiary/aromatic N) is 2. The summed E-state index contributed by atoms with van der Waals surface area (Å²) >= 11 is 0. The molecule has 3 N–H and O–H groups in total. The molecule has 8 nitrogen and oxygen atoms in total. The number of hydrogen-bond acceptors (Lipinski definition) is 6. The van der Waals surface area contributed by atoms with E-state index in [0.29, 0.717) is 29.2 Å². The number of carbonyl (C=O) groups excluding carboxylic acids is 2. The minimum atomic E-state index is -0.344. The van der Waals surface area contributed by atoms with Crippen LogP contribution < -0.4 is 15.4 Å². The van der Waals surface area contributed by atoms with Crippen LogP contribution in [0.2, 0.25) is 0 Å². The molecule has 34 heavy (non-hydrogen) atoms. The number of methoxy groups -OCH3 is 1. The monoisotopic (exact) mass is 462 g/mol. The Morgan fingerprint density at radius 2 is 1.88 bits per heavy atom. The fraction of sp³-hybridized carbons (Fsp3) is 0.269. The van der Waals surface area contributed by atoms with Gasteiger partial charge in [0.15, 0.2) is 11.5 Å². The molecular weight excluding hydrogens is 432 g/mol. The van der Waals surface area contributed by atoms with Gasteiger partial charge in [-0.1, -0.05) is 12.1 Å². The van der Waals surface area contributed by atoms with E-state index in [2.05, 4.69) is 22.5 Å². The number of rotatable bonds is 9. The molecule has 8 heteroatoms. The zero-order chi connectivity index (χ0) is 24.7. The van der Waals surface area contributed by atoms with Gasteiger partial charge in [0.1, 0.15) is 5.69 Å². The number of aromatic hydroxyl groups is 1. The molecule has 0 aliphatic carbocycles. The Bertz CT molecular complexity index is 1150. The largest absolute Gasteiger partial charge is 0.504 e. The van der Waals surface area contributed by atoms with Gasteiger partial charge in [-0.25, -0.2) is 0 Å². The van der Waals surface area contributed by atoms with Gasteiger partial charge in [0.05, 0.1) is 7.11 Å². The Labute approximate surface area is 199 Å². The van der Waals surface area contributed by atoms with Gasteiger partial charge in [-0.3, -0.25) is 14.6 Å². The summed E-state index contributed by atoms with van der Waals surface area (Å²) in [4.78, 5) is 30.8. The van der Waals surface area contributed by atoms with E-state index in [9.17, 15) is 14.7 Å². The van der Waals surface area contributed by atoms with Gasteiger partial charge in [-0.2, -0.15) is 0 Å². The molecule has 1 atom stereocenters. The third-order valence-corrected chi connectivity index (χ3v) is 5.24. The number of phenols is 1. The number of hydrogen-bond donors (Lipinski definition) is 3. The fourth-order valence-corrected chi connectivity index (χ4v) is 3.51. The molecule has 0 fully saturated rings. The lowest BCUT2D eigenvalue weighted by Gasteiger charge is -2.17. The highest BCUT2D eigenvalue weighted by Crippen LogP contribution is 2.26. The van der Waals surface area contributed by atoms with Crippen molar-refractivity contribution >= 4 is 17.5 Å². The molecule has 0 aliphatic heterocycles. The first-order valence-corrected chi connectivity index (χ1v) is 10.9.